The van der Waals surface area contributed by atoms with Crippen molar-refractivity contribution in [3.63, 3.8) is 0 Å². The summed E-state index contributed by atoms with van der Waals surface area (Å²) in [7, 11) is 0. The minimum absolute atomic E-state index is 0.200. The van der Waals surface area contributed by atoms with Gasteiger partial charge in [0, 0.05) is 23.8 Å². The predicted molar refractivity (Wildman–Crippen MR) is 81.4 cm³/mol. The largest absolute Gasteiger partial charge is 0.369 e. The molecular formula is C13H15ClN4OS. The van der Waals surface area contributed by atoms with E-state index in [-0.39, 0.29) is 5.91 Å². The van der Waals surface area contributed by atoms with Gasteiger partial charge in [-0.2, -0.15) is 0 Å². The van der Waals surface area contributed by atoms with Crippen LogP contribution in [-0.4, -0.2) is 22.4 Å². The maximum atomic E-state index is 12.0. The number of hydrogen-bond acceptors (Lipinski definition) is 5. The zero-order chi connectivity index (χ0) is 14.5. The monoisotopic (exact) mass is 310 g/mol. The van der Waals surface area contributed by atoms with Crippen LogP contribution in [0.3, 0.4) is 0 Å². The van der Waals surface area contributed by atoms with Gasteiger partial charge in [-0.15, -0.1) is 11.3 Å². The highest BCUT2D eigenvalue weighted by atomic mass is 35.5. The minimum atomic E-state index is -0.200. The first-order valence-electron chi connectivity index (χ1n) is 6.19. The zero-order valence-corrected chi connectivity index (χ0v) is 12.8. The van der Waals surface area contributed by atoms with Crippen molar-refractivity contribution in [1.82, 2.24) is 15.3 Å². The third-order valence-electron chi connectivity index (χ3n) is 2.54. The average molecular weight is 311 g/mol. The molecule has 0 atom stereocenters. The minimum Gasteiger partial charge on any atom is -0.369 e. The molecule has 0 saturated heterocycles. The number of hydrogen-bond donors (Lipinski definition) is 2. The topological polar surface area (TPSA) is 66.9 Å². The molecule has 1 amide bonds. The maximum absolute atomic E-state index is 12.0. The van der Waals surface area contributed by atoms with Crippen LogP contribution >= 0.6 is 22.9 Å². The first kappa shape index (κ1) is 14.7. The smallest absolute Gasteiger partial charge is 0.253 e. The van der Waals surface area contributed by atoms with E-state index >= 15 is 0 Å². The third kappa shape index (κ3) is 3.68. The van der Waals surface area contributed by atoms with Gasteiger partial charge in [0.05, 0.1) is 22.1 Å². The van der Waals surface area contributed by atoms with Gasteiger partial charge in [0.1, 0.15) is 5.82 Å². The number of halogens is 1. The summed E-state index contributed by atoms with van der Waals surface area (Å²) in [4.78, 5) is 21.3. The van der Waals surface area contributed by atoms with Crippen molar-refractivity contribution in [3.8, 4) is 0 Å². The van der Waals surface area contributed by atoms with Crippen molar-refractivity contribution >= 4 is 34.7 Å². The van der Waals surface area contributed by atoms with Crippen LogP contribution in [0, 0.1) is 6.92 Å². The van der Waals surface area contributed by atoms with Crippen LogP contribution in [-0.2, 0) is 6.54 Å². The molecule has 0 aliphatic rings. The number of carbonyl (C=O) groups is 1. The van der Waals surface area contributed by atoms with Crippen molar-refractivity contribution in [1.29, 1.82) is 0 Å². The second-order valence-electron chi connectivity index (χ2n) is 4.11. The molecule has 0 aromatic carbocycles. The van der Waals surface area contributed by atoms with Crippen LogP contribution in [0.25, 0.3) is 0 Å². The number of thiazole rings is 1. The number of rotatable bonds is 5. The van der Waals surface area contributed by atoms with E-state index in [4.69, 9.17) is 11.6 Å². The summed E-state index contributed by atoms with van der Waals surface area (Å²) in [5.74, 6) is 0.386. The van der Waals surface area contributed by atoms with Gasteiger partial charge in [0.15, 0.2) is 0 Å². The van der Waals surface area contributed by atoms with E-state index in [0.717, 1.165) is 16.4 Å². The molecule has 2 aromatic rings. The number of carbonyl (C=O) groups excluding carboxylic acids is 1. The van der Waals surface area contributed by atoms with Gasteiger partial charge >= 0.3 is 0 Å². The molecule has 2 heterocycles. The van der Waals surface area contributed by atoms with E-state index in [1.54, 1.807) is 23.6 Å². The van der Waals surface area contributed by atoms with Crippen molar-refractivity contribution < 1.29 is 4.79 Å². The lowest BCUT2D eigenvalue weighted by molar-refractivity contribution is 0.0951. The number of anilines is 1. The zero-order valence-electron chi connectivity index (χ0n) is 11.2. The van der Waals surface area contributed by atoms with Gasteiger partial charge in [0.25, 0.3) is 5.91 Å². The number of nitrogens with one attached hydrogen (secondary N) is 2. The summed E-state index contributed by atoms with van der Waals surface area (Å²) in [6.07, 6.45) is 3.27. The molecule has 0 aliphatic carbocycles. The SMILES string of the molecule is CCNc1ncc(C(=O)NCc2cnc(C)s2)cc1Cl. The number of amides is 1. The fourth-order valence-corrected chi connectivity index (χ4v) is 2.58. The van der Waals surface area contributed by atoms with E-state index in [1.165, 1.54) is 6.20 Å². The lowest BCUT2D eigenvalue weighted by Crippen LogP contribution is -2.22. The predicted octanol–water partition coefficient (Wildman–Crippen LogP) is 2.86. The number of nitrogens with zero attached hydrogens (tertiary/aromatic N) is 2. The third-order valence-corrected chi connectivity index (χ3v) is 3.74. The van der Waals surface area contributed by atoms with Crippen LogP contribution in [0.5, 0.6) is 0 Å². The Morgan fingerprint density at radius 2 is 2.20 bits per heavy atom. The van der Waals surface area contributed by atoms with Crippen molar-refractivity contribution in [2.75, 3.05) is 11.9 Å². The van der Waals surface area contributed by atoms with E-state index in [1.807, 2.05) is 13.8 Å². The quantitative estimate of drug-likeness (QED) is 0.891. The van der Waals surface area contributed by atoms with Crippen LogP contribution in [0.1, 0.15) is 27.2 Å². The fourth-order valence-electron chi connectivity index (χ4n) is 1.62. The molecule has 0 spiro atoms. The van der Waals surface area contributed by atoms with E-state index in [2.05, 4.69) is 20.6 Å². The average Bonchev–Trinajstić information content (AvgIpc) is 2.84. The van der Waals surface area contributed by atoms with Gasteiger partial charge in [-0.05, 0) is 19.9 Å². The fraction of sp³-hybridized carbons (Fsp3) is 0.308. The maximum Gasteiger partial charge on any atom is 0.253 e. The van der Waals surface area contributed by atoms with Crippen molar-refractivity contribution in [3.05, 3.63) is 38.9 Å². The summed E-state index contributed by atoms with van der Waals surface area (Å²) in [6.45, 7) is 5.06. The molecule has 20 heavy (non-hydrogen) atoms. The highest BCUT2D eigenvalue weighted by Crippen LogP contribution is 2.20. The molecule has 0 aliphatic heterocycles. The van der Waals surface area contributed by atoms with Crippen LogP contribution < -0.4 is 10.6 Å². The van der Waals surface area contributed by atoms with Gasteiger partial charge < -0.3 is 10.6 Å². The molecule has 0 radical (unpaired) electrons. The number of aromatic nitrogens is 2. The van der Waals surface area contributed by atoms with E-state index in [0.29, 0.717) is 22.9 Å². The lowest BCUT2D eigenvalue weighted by atomic mass is 10.2. The van der Waals surface area contributed by atoms with Crippen molar-refractivity contribution in [2.24, 2.45) is 0 Å². The molecule has 2 aromatic heterocycles. The summed E-state index contributed by atoms with van der Waals surface area (Å²) in [5.41, 5.74) is 0.442. The summed E-state index contributed by atoms with van der Waals surface area (Å²) in [6, 6.07) is 1.61. The molecule has 2 N–H and O–H groups in total. The molecule has 5 nitrogen and oxygen atoms in total. The summed E-state index contributed by atoms with van der Waals surface area (Å²) < 4.78 is 0. The molecule has 0 bridgehead atoms. The Hall–Kier alpha value is -1.66. The van der Waals surface area contributed by atoms with Crippen LogP contribution in [0.2, 0.25) is 5.02 Å². The first-order chi connectivity index (χ1) is 9.60. The Labute approximate surface area is 126 Å². The Morgan fingerprint density at radius 3 is 2.80 bits per heavy atom. The molecule has 0 unspecified atom stereocenters. The van der Waals surface area contributed by atoms with Gasteiger partial charge in [-0.3, -0.25) is 4.79 Å². The van der Waals surface area contributed by atoms with Crippen molar-refractivity contribution in [2.45, 2.75) is 20.4 Å². The first-order valence-corrected chi connectivity index (χ1v) is 7.38. The Morgan fingerprint density at radius 1 is 1.40 bits per heavy atom. The molecule has 0 saturated carbocycles. The molecule has 7 heteroatoms. The van der Waals surface area contributed by atoms with Gasteiger partial charge in [-0.25, -0.2) is 9.97 Å². The Balaban J connectivity index is 2.00. The highest BCUT2D eigenvalue weighted by Gasteiger charge is 2.10. The van der Waals surface area contributed by atoms with E-state index < -0.39 is 0 Å². The summed E-state index contributed by atoms with van der Waals surface area (Å²) in [5, 5.41) is 7.26. The molecular weight excluding hydrogens is 296 g/mol. The van der Waals surface area contributed by atoms with E-state index in [9.17, 15) is 4.79 Å². The second kappa shape index (κ2) is 6.67. The van der Waals surface area contributed by atoms with Gasteiger partial charge in [0.2, 0.25) is 0 Å². The Bertz CT molecular complexity index is 614. The van der Waals surface area contributed by atoms with Crippen LogP contribution in [0.15, 0.2) is 18.5 Å². The number of aryl methyl sites for hydroxylation is 1. The molecule has 0 fully saturated rings. The van der Waals surface area contributed by atoms with Crippen LogP contribution in [0.4, 0.5) is 5.82 Å². The second-order valence-corrected chi connectivity index (χ2v) is 5.84. The standard InChI is InChI=1S/C13H15ClN4OS/c1-3-15-12-11(14)4-9(5-17-12)13(19)18-7-10-6-16-8(2)20-10/h4-6H,3,7H2,1-2H3,(H,15,17)(H,18,19). The molecule has 2 rings (SSSR count). The molecule has 106 valence electrons. The summed E-state index contributed by atoms with van der Waals surface area (Å²) >= 11 is 7.62. The van der Waals surface area contributed by atoms with Gasteiger partial charge in [-0.1, -0.05) is 11.6 Å². The number of pyridine rings is 1. The Kier molecular flexibility index (Phi) is 4.92. The highest BCUT2D eigenvalue weighted by molar-refractivity contribution is 7.11. The normalized spacial score (nSPS) is 10.3. The lowest BCUT2D eigenvalue weighted by Gasteiger charge is -2.07.